The lowest BCUT2D eigenvalue weighted by atomic mass is 9.77. The van der Waals surface area contributed by atoms with E-state index in [1.54, 1.807) is 0 Å². The molecule has 1 aromatic rings. The Morgan fingerprint density at radius 1 is 1.10 bits per heavy atom. The van der Waals surface area contributed by atoms with Crippen LogP contribution in [0.15, 0.2) is 24.3 Å². The van der Waals surface area contributed by atoms with Crippen LogP contribution in [0, 0.1) is 12.3 Å². The molecule has 0 aromatic heterocycles. The lowest BCUT2D eigenvalue weighted by Crippen LogP contribution is -2.35. The van der Waals surface area contributed by atoms with Crippen molar-refractivity contribution in [1.29, 1.82) is 0 Å². The molecule has 1 aliphatic rings. The summed E-state index contributed by atoms with van der Waals surface area (Å²) in [4.78, 5) is 23.9. The first-order chi connectivity index (χ1) is 10.0. The molecule has 0 heterocycles. The van der Waals surface area contributed by atoms with Crippen molar-refractivity contribution in [3.8, 4) is 0 Å². The number of amides is 1. The molecule has 0 unspecified atom stereocenters. The van der Waals surface area contributed by atoms with Crippen LogP contribution in [-0.4, -0.2) is 17.0 Å². The Morgan fingerprint density at radius 3 is 2.19 bits per heavy atom. The molecule has 4 nitrogen and oxygen atoms in total. The number of carboxylic acids is 1. The molecular weight excluding hydrogens is 266 g/mol. The first kappa shape index (κ1) is 15.5. The van der Waals surface area contributed by atoms with E-state index in [0.717, 1.165) is 36.9 Å². The number of aryl methyl sites for hydroxylation is 1. The Balaban J connectivity index is 2.04. The number of carboxylic acid groups (broad SMARTS) is 1. The van der Waals surface area contributed by atoms with Crippen LogP contribution >= 0.6 is 0 Å². The molecule has 114 valence electrons. The Kier molecular flexibility index (Phi) is 4.99. The highest BCUT2D eigenvalue weighted by Gasteiger charge is 2.40. The van der Waals surface area contributed by atoms with E-state index in [9.17, 15) is 14.7 Å². The summed E-state index contributed by atoms with van der Waals surface area (Å²) in [6, 6.07) is 7.53. The summed E-state index contributed by atoms with van der Waals surface area (Å²) in [5.41, 5.74) is 0.962. The standard InChI is InChI=1S/C17H23NO3/c1-13-6-8-14(9-7-13)18-15(19)12-17(16(20)21)10-4-2-3-5-11-17/h6-9H,2-5,10-12H2,1H3,(H,18,19)(H,20,21). The number of benzene rings is 1. The second-order valence-corrected chi connectivity index (χ2v) is 6.09. The van der Waals surface area contributed by atoms with Gasteiger partial charge in [-0.15, -0.1) is 0 Å². The van der Waals surface area contributed by atoms with Gasteiger partial charge in [-0.1, -0.05) is 43.4 Å². The molecule has 1 aromatic carbocycles. The summed E-state index contributed by atoms with van der Waals surface area (Å²) in [6.45, 7) is 1.98. The maximum Gasteiger partial charge on any atom is 0.310 e. The second kappa shape index (κ2) is 6.74. The number of carbonyl (C=O) groups excluding carboxylic acids is 1. The third-order valence-corrected chi connectivity index (χ3v) is 4.35. The molecule has 4 heteroatoms. The molecule has 0 radical (unpaired) electrons. The van der Waals surface area contributed by atoms with Crippen molar-refractivity contribution < 1.29 is 14.7 Å². The quantitative estimate of drug-likeness (QED) is 0.830. The summed E-state index contributed by atoms with van der Waals surface area (Å²) in [6.07, 6.45) is 5.18. The van der Waals surface area contributed by atoms with E-state index >= 15 is 0 Å². The predicted octanol–water partition coefficient (Wildman–Crippen LogP) is 3.75. The van der Waals surface area contributed by atoms with Crippen molar-refractivity contribution in [3.05, 3.63) is 29.8 Å². The third-order valence-electron chi connectivity index (χ3n) is 4.35. The molecule has 0 atom stereocenters. The van der Waals surface area contributed by atoms with Gasteiger partial charge in [0, 0.05) is 12.1 Å². The zero-order chi connectivity index (χ0) is 15.3. The maximum absolute atomic E-state index is 12.2. The van der Waals surface area contributed by atoms with E-state index in [2.05, 4.69) is 5.32 Å². The Labute approximate surface area is 125 Å². The van der Waals surface area contributed by atoms with Gasteiger partial charge in [-0.2, -0.15) is 0 Å². The fourth-order valence-corrected chi connectivity index (χ4v) is 3.02. The Hall–Kier alpha value is -1.84. The van der Waals surface area contributed by atoms with Crippen molar-refractivity contribution in [2.45, 2.75) is 51.9 Å². The number of rotatable bonds is 4. The van der Waals surface area contributed by atoms with E-state index in [1.165, 1.54) is 0 Å². The summed E-state index contributed by atoms with van der Waals surface area (Å²) < 4.78 is 0. The monoisotopic (exact) mass is 289 g/mol. The van der Waals surface area contributed by atoms with Gasteiger partial charge in [0.2, 0.25) is 5.91 Å². The Bertz CT molecular complexity index is 499. The van der Waals surface area contributed by atoms with Crippen molar-refractivity contribution >= 4 is 17.6 Å². The van der Waals surface area contributed by atoms with Crippen LogP contribution in [0.4, 0.5) is 5.69 Å². The average molecular weight is 289 g/mol. The summed E-state index contributed by atoms with van der Waals surface area (Å²) in [5.74, 6) is -1.04. The maximum atomic E-state index is 12.2. The fraction of sp³-hybridized carbons (Fsp3) is 0.529. The highest BCUT2D eigenvalue weighted by atomic mass is 16.4. The number of hydrogen-bond donors (Lipinski definition) is 2. The number of anilines is 1. The van der Waals surface area contributed by atoms with Crippen molar-refractivity contribution in [2.75, 3.05) is 5.32 Å². The van der Waals surface area contributed by atoms with Crippen LogP contribution in [0.25, 0.3) is 0 Å². The van der Waals surface area contributed by atoms with E-state index < -0.39 is 11.4 Å². The van der Waals surface area contributed by atoms with Crippen molar-refractivity contribution in [3.63, 3.8) is 0 Å². The second-order valence-electron chi connectivity index (χ2n) is 6.09. The van der Waals surface area contributed by atoms with Gasteiger partial charge in [-0.3, -0.25) is 9.59 Å². The minimum absolute atomic E-state index is 0.0657. The minimum atomic E-state index is -0.884. The highest BCUT2D eigenvalue weighted by Crippen LogP contribution is 2.38. The Morgan fingerprint density at radius 2 is 1.67 bits per heavy atom. The van der Waals surface area contributed by atoms with Gasteiger partial charge < -0.3 is 10.4 Å². The summed E-state index contributed by atoms with van der Waals surface area (Å²) >= 11 is 0. The van der Waals surface area contributed by atoms with Crippen molar-refractivity contribution in [1.82, 2.24) is 0 Å². The molecule has 1 fully saturated rings. The van der Waals surface area contributed by atoms with Crippen LogP contribution in [0.5, 0.6) is 0 Å². The van der Waals surface area contributed by atoms with Crippen LogP contribution < -0.4 is 5.32 Å². The van der Waals surface area contributed by atoms with Gasteiger partial charge in [0.05, 0.1) is 5.41 Å². The van der Waals surface area contributed by atoms with E-state index in [0.29, 0.717) is 12.8 Å². The predicted molar refractivity (Wildman–Crippen MR) is 82.2 cm³/mol. The van der Waals surface area contributed by atoms with Gasteiger partial charge in [0.1, 0.15) is 0 Å². The third kappa shape index (κ3) is 4.06. The zero-order valence-corrected chi connectivity index (χ0v) is 12.5. The fourth-order valence-electron chi connectivity index (χ4n) is 3.02. The number of nitrogens with one attached hydrogen (secondary N) is 1. The zero-order valence-electron chi connectivity index (χ0n) is 12.5. The highest BCUT2D eigenvalue weighted by molar-refractivity contribution is 5.94. The molecule has 1 aliphatic carbocycles. The van der Waals surface area contributed by atoms with Gasteiger partial charge in [-0.05, 0) is 31.9 Å². The SMILES string of the molecule is Cc1ccc(NC(=O)CC2(C(=O)O)CCCCCC2)cc1. The molecule has 0 bridgehead atoms. The molecule has 21 heavy (non-hydrogen) atoms. The molecule has 2 rings (SSSR count). The number of carbonyl (C=O) groups is 2. The first-order valence-corrected chi connectivity index (χ1v) is 7.62. The van der Waals surface area contributed by atoms with Crippen LogP contribution in [0.2, 0.25) is 0 Å². The summed E-state index contributed by atoms with van der Waals surface area (Å²) in [7, 11) is 0. The van der Waals surface area contributed by atoms with E-state index in [-0.39, 0.29) is 12.3 Å². The van der Waals surface area contributed by atoms with Crippen LogP contribution in [0.1, 0.15) is 50.5 Å². The molecular formula is C17H23NO3. The lowest BCUT2D eigenvalue weighted by molar-refractivity contribution is -0.152. The van der Waals surface area contributed by atoms with Gasteiger partial charge in [-0.25, -0.2) is 0 Å². The minimum Gasteiger partial charge on any atom is -0.481 e. The smallest absolute Gasteiger partial charge is 0.310 e. The number of hydrogen-bond acceptors (Lipinski definition) is 2. The van der Waals surface area contributed by atoms with Gasteiger partial charge in [0.15, 0.2) is 0 Å². The molecule has 0 aliphatic heterocycles. The van der Waals surface area contributed by atoms with Crippen molar-refractivity contribution in [2.24, 2.45) is 5.41 Å². The molecule has 1 amide bonds. The molecule has 1 saturated carbocycles. The molecule has 0 spiro atoms. The number of aliphatic carboxylic acids is 1. The van der Waals surface area contributed by atoms with Crippen LogP contribution in [-0.2, 0) is 9.59 Å². The van der Waals surface area contributed by atoms with Gasteiger partial charge >= 0.3 is 5.97 Å². The van der Waals surface area contributed by atoms with Gasteiger partial charge in [0.25, 0.3) is 0 Å². The van der Waals surface area contributed by atoms with E-state index in [1.807, 2.05) is 31.2 Å². The normalized spacial score (nSPS) is 17.8. The van der Waals surface area contributed by atoms with E-state index in [4.69, 9.17) is 0 Å². The summed E-state index contributed by atoms with van der Waals surface area (Å²) in [5, 5.41) is 12.4. The largest absolute Gasteiger partial charge is 0.481 e. The first-order valence-electron chi connectivity index (χ1n) is 7.62. The topological polar surface area (TPSA) is 66.4 Å². The molecule has 0 saturated heterocycles. The average Bonchev–Trinajstić information content (AvgIpc) is 2.68. The van der Waals surface area contributed by atoms with Crippen LogP contribution in [0.3, 0.4) is 0 Å². The lowest BCUT2D eigenvalue weighted by Gasteiger charge is -2.27. The molecule has 2 N–H and O–H groups in total.